The molecule has 5 nitrogen and oxygen atoms in total. The Bertz CT molecular complexity index is 946. The Morgan fingerprint density at radius 1 is 1.00 bits per heavy atom. The number of benzene rings is 2. The molecule has 0 spiro atoms. The first-order valence-electron chi connectivity index (χ1n) is 10.5. The number of hydrogen-bond donors (Lipinski definition) is 1. The molecule has 1 aliphatic rings. The molecule has 3 rings (SSSR count). The Morgan fingerprint density at radius 2 is 1.61 bits per heavy atom. The molecule has 1 saturated carbocycles. The number of ether oxygens (including phenoxy) is 2. The van der Waals surface area contributed by atoms with Crippen LogP contribution in [0.4, 0.5) is 0 Å². The summed E-state index contributed by atoms with van der Waals surface area (Å²) in [4.78, 5) is 25.6. The third-order valence-corrected chi connectivity index (χ3v) is 6.74. The zero-order chi connectivity index (χ0) is 22.6. The van der Waals surface area contributed by atoms with Gasteiger partial charge in [-0.25, -0.2) is 4.79 Å². The predicted octanol–water partition coefficient (Wildman–Crippen LogP) is 4.87. The molecule has 31 heavy (non-hydrogen) atoms. The summed E-state index contributed by atoms with van der Waals surface area (Å²) in [5.74, 6) is -0.589. The van der Waals surface area contributed by atoms with Crippen LogP contribution < -0.4 is 5.32 Å². The lowest BCUT2D eigenvalue weighted by molar-refractivity contribution is -0.155. The highest BCUT2D eigenvalue weighted by Gasteiger charge is 2.47. The summed E-state index contributed by atoms with van der Waals surface area (Å²) < 4.78 is 10.6. The van der Waals surface area contributed by atoms with Gasteiger partial charge in [0.2, 0.25) is 5.91 Å². The fourth-order valence-electron chi connectivity index (χ4n) is 4.15. The van der Waals surface area contributed by atoms with Crippen LogP contribution in [0, 0.1) is 6.92 Å². The number of nitrogens with one attached hydrogen (secondary N) is 1. The van der Waals surface area contributed by atoms with E-state index in [-0.39, 0.29) is 17.9 Å². The van der Waals surface area contributed by atoms with Crippen molar-refractivity contribution in [3.05, 3.63) is 58.6 Å². The molecule has 0 heterocycles. The molecule has 2 aromatic rings. The predicted molar refractivity (Wildman–Crippen MR) is 122 cm³/mol. The quantitative estimate of drug-likeness (QED) is 0.647. The Balaban J connectivity index is 1.78. The maximum atomic E-state index is 13.0. The molecule has 0 aromatic heterocycles. The third-order valence-electron chi connectivity index (χ3n) is 6.49. The number of aryl methyl sites for hydroxylation is 1. The van der Waals surface area contributed by atoms with E-state index in [0.29, 0.717) is 30.7 Å². The number of halogens is 1. The Hall–Kier alpha value is -2.37. The SMILES string of the molecule is COC(=O)[C@]1(NC(=O)Cc2cc(-c3ccc(Cl)cc3)ccc2C)CC[C@@](C)(OC)CC1. The van der Waals surface area contributed by atoms with Gasteiger partial charge in [-0.3, -0.25) is 4.79 Å². The van der Waals surface area contributed by atoms with Gasteiger partial charge in [-0.2, -0.15) is 0 Å². The van der Waals surface area contributed by atoms with Crippen LogP contribution in [0.5, 0.6) is 0 Å². The fraction of sp³-hybridized carbons (Fsp3) is 0.440. The minimum Gasteiger partial charge on any atom is -0.467 e. The first-order chi connectivity index (χ1) is 14.7. The molecule has 0 unspecified atom stereocenters. The lowest BCUT2D eigenvalue weighted by Crippen LogP contribution is -2.59. The van der Waals surface area contributed by atoms with E-state index in [0.717, 1.165) is 22.3 Å². The standard InChI is InChI=1S/C25H30ClNO4/c1-17-5-6-19(18-7-9-21(26)10-8-18)15-20(17)16-22(28)27-25(23(29)30-3)13-11-24(2,31-4)12-14-25/h5-10,15H,11-14,16H2,1-4H3,(H,27,28)/t24-,25+. The highest BCUT2D eigenvalue weighted by Crippen LogP contribution is 2.37. The van der Waals surface area contributed by atoms with Crippen molar-refractivity contribution in [2.45, 2.75) is 57.1 Å². The number of rotatable bonds is 6. The van der Waals surface area contributed by atoms with E-state index in [9.17, 15) is 9.59 Å². The minimum absolute atomic E-state index is 0.188. The average Bonchev–Trinajstić information content (AvgIpc) is 2.77. The van der Waals surface area contributed by atoms with Crippen LogP contribution >= 0.6 is 11.6 Å². The van der Waals surface area contributed by atoms with E-state index >= 15 is 0 Å². The second-order valence-electron chi connectivity index (χ2n) is 8.60. The van der Waals surface area contributed by atoms with Gasteiger partial charge in [-0.05, 0) is 73.9 Å². The lowest BCUT2D eigenvalue weighted by atomic mass is 9.74. The summed E-state index contributed by atoms with van der Waals surface area (Å²) in [5.41, 5.74) is 2.69. The molecule has 6 heteroatoms. The van der Waals surface area contributed by atoms with Crippen LogP contribution in [0.1, 0.15) is 43.7 Å². The van der Waals surface area contributed by atoms with Gasteiger partial charge in [0.25, 0.3) is 0 Å². The van der Waals surface area contributed by atoms with E-state index in [1.165, 1.54) is 7.11 Å². The molecule has 0 radical (unpaired) electrons. The summed E-state index contributed by atoms with van der Waals surface area (Å²) in [6, 6.07) is 13.7. The van der Waals surface area contributed by atoms with Crippen molar-refractivity contribution in [1.82, 2.24) is 5.32 Å². The number of carbonyl (C=O) groups excluding carboxylic acids is 2. The average molecular weight is 444 g/mol. The molecule has 1 N–H and O–H groups in total. The molecular formula is C25H30ClNO4. The van der Waals surface area contributed by atoms with Crippen molar-refractivity contribution in [2.24, 2.45) is 0 Å². The Morgan fingerprint density at radius 3 is 2.19 bits per heavy atom. The zero-order valence-electron chi connectivity index (χ0n) is 18.6. The molecular weight excluding hydrogens is 414 g/mol. The van der Waals surface area contributed by atoms with Crippen molar-refractivity contribution < 1.29 is 19.1 Å². The second-order valence-corrected chi connectivity index (χ2v) is 9.04. The Labute approximate surface area is 189 Å². The third kappa shape index (κ3) is 5.28. The van der Waals surface area contributed by atoms with Crippen LogP contribution in [0.3, 0.4) is 0 Å². The van der Waals surface area contributed by atoms with Gasteiger partial charge < -0.3 is 14.8 Å². The van der Waals surface area contributed by atoms with E-state index < -0.39 is 11.5 Å². The van der Waals surface area contributed by atoms with Crippen molar-refractivity contribution in [3.8, 4) is 11.1 Å². The topological polar surface area (TPSA) is 64.6 Å². The smallest absolute Gasteiger partial charge is 0.331 e. The largest absolute Gasteiger partial charge is 0.467 e. The summed E-state index contributed by atoms with van der Waals surface area (Å²) in [5, 5.41) is 3.68. The van der Waals surface area contributed by atoms with Crippen LogP contribution in [0.15, 0.2) is 42.5 Å². The van der Waals surface area contributed by atoms with Crippen LogP contribution in [0.2, 0.25) is 5.02 Å². The molecule has 0 bridgehead atoms. The molecule has 1 amide bonds. The van der Waals surface area contributed by atoms with Gasteiger partial charge in [0.15, 0.2) is 0 Å². The second kappa shape index (κ2) is 9.41. The van der Waals surface area contributed by atoms with Crippen molar-refractivity contribution >= 4 is 23.5 Å². The highest BCUT2D eigenvalue weighted by atomic mass is 35.5. The maximum absolute atomic E-state index is 13.0. The first kappa shape index (κ1) is 23.3. The summed E-state index contributed by atoms with van der Waals surface area (Å²) in [7, 11) is 3.04. The monoisotopic (exact) mass is 443 g/mol. The number of amides is 1. The van der Waals surface area contributed by atoms with Crippen molar-refractivity contribution in [2.75, 3.05) is 14.2 Å². The van der Waals surface area contributed by atoms with Crippen LogP contribution in [-0.2, 0) is 25.5 Å². The molecule has 2 aromatic carbocycles. The molecule has 1 fully saturated rings. The van der Waals surface area contributed by atoms with Gasteiger partial charge in [0, 0.05) is 12.1 Å². The van der Waals surface area contributed by atoms with Gasteiger partial charge in [-0.15, -0.1) is 0 Å². The number of hydrogen-bond acceptors (Lipinski definition) is 4. The molecule has 1 aliphatic carbocycles. The first-order valence-corrected chi connectivity index (χ1v) is 10.9. The molecule has 166 valence electrons. The van der Waals surface area contributed by atoms with E-state index in [2.05, 4.69) is 5.32 Å². The van der Waals surface area contributed by atoms with Gasteiger partial charge in [0.05, 0.1) is 19.1 Å². The number of esters is 1. The minimum atomic E-state index is -1.01. The van der Waals surface area contributed by atoms with E-state index in [1.807, 2.05) is 56.3 Å². The number of carbonyl (C=O) groups is 2. The Kier molecular flexibility index (Phi) is 7.07. The van der Waals surface area contributed by atoms with Crippen molar-refractivity contribution in [1.29, 1.82) is 0 Å². The molecule has 0 saturated heterocycles. The van der Waals surface area contributed by atoms with Gasteiger partial charge >= 0.3 is 5.97 Å². The van der Waals surface area contributed by atoms with Gasteiger partial charge in [-0.1, -0.05) is 41.9 Å². The fourth-order valence-corrected chi connectivity index (χ4v) is 4.28. The van der Waals surface area contributed by atoms with Crippen LogP contribution in [0.25, 0.3) is 11.1 Å². The van der Waals surface area contributed by atoms with E-state index in [4.69, 9.17) is 21.1 Å². The highest BCUT2D eigenvalue weighted by molar-refractivity contribution is 6.30. The normalized spacial score (nSPS) is 23.3. The van der Waals surface area contributed by atoms with E-state index in [1.54, 1.807) is 7.11 Å². The zero-order valence-corrected chi connectivity index (χ0v) is 19.3. The summed E-state index contributed by atoms with van der Waals surface area (Å²) in [6.45, 7) is 4.01. The molecule has 0 aliphatic heterocycles. The van der Waals surface area contributed by atoms with Gasteiger partial charge in [0.1, 0.15) is 5.54 Å². The summed E-state index contributed by atoms with van der Waals surface area (Å²) >= 11 is 6.00. The molecule has 0 atom stereocenters. The van der Waals surface area contributed by atoms with Crippen molar-refractivity contribution in [3.63, 3.8) is 0 Å². The number of methoxy groups -OCH3 is 2. The van der Waals surface area contributed by atoms with Crippen LogP contribution in [-0.4, -0.2) is 37.2 Å². The maximum Gasteiger partial charge on any atom is 0.331 e. The summed E-state index contributed by atoms with van der Waals surface area (Å²) in [6.07, 6.45) is 2.50. The lowest BCUT2D eigenvalue weighted by Gasteiger charge is -2.42.